The highest BCUT2D eigenvalue weighted by molar-refractivity contribution is 7.15. The van der Waals surface area contributed by atoms with E-state index in [1.165, 1.54) is 16.9 Å². The Bertz CT molecular complexity index is 1380. The topological polar surface area (TPSA) is 60.3 Å². The largest absolute Gasteiger partial charge is 0.462 e. The van der Waals surface area contributed by atoms with Crippen molar-refractivity contribution in [3.63, 3.8) is 0 Å². The number of nitrogens with one attached hydrogen (secondary N) is 1. The Hall–Kier alpha value is -3.38. The van der Waals surface area contributed by atoms with Gasteiger partial charge in [0.05, 0.1) is 6.61 Å². The molecule has 0 atom stereocenters. The predicted molar refractivity (Wildman–Crippen MR) is 149 cm³/mol. The van der Waals surface area contributed by atoms with Crippen LogP contribution in [-0.4, -0.2) is 23.1 Å². The van der Waals surface area contributed by atoms with Crippen molar-refractivity contribution in [1.29, 1.82) is 0 Å². The van der Waals surface area contributed by atoms with Gasteiger partial charge in [0.1, 0.15) is 16.3 Å². The molecule has 4 rings (SSSR count). The molecule has 36 heavy (non-hydrogen) atoms. The SMILES string of the molecule is CCCCn1c(C(=O)Nc2scc(-c3ccc(C(C)C)cc3)c2C(=O)OCC)c(C)c2ccccc21. The van der Waals surface area contributed by atoms with Crippen LogP contribution < -0.4 is 5.32 Å². The van der Waals surface area contributed by atoms with Gasteiger partial charge < -0.3 is 14.6 Å². The number of aryl methyl sites for hydroxylation is 2. The van der Waals surface area contributed by atoms with Crippen LogP contribution in [0.15, 0.2) is 53.9 Å². The molecule has 6 heteroatoms. The Morgan fingerprint density at radius 2 is 1.78 bits per heavy atom. The van der Waals surface area contributed by atoms with Gasteiger partial charge in [0.25, 0.3) is 5.91 Å². The van der Waals surface area contributed by atoms with Gasteiger partial charge in [0.2, 0.25) is 0 Å². The average Bonchev–Trinajstić information content (AvgIpc) is 3.41. The second-order valence-corrected chi connectivity index (χ2v) is 10.2. The molecule has 0 unspecified atom stereocenters. The summed E-state index contributed by atoms with van der Waals surface area (Å²) in [7, 11) is 0. The smallest absolute Gasteiger partial charge is 0.341 e. The highest BCUT2D eigenvalue weighted by atomic mass is 32.1. The molecule has 1 N–H and O–H groups in total. The van der Waals surface area contributed by atoms with Crippen LogP contribution in [0.2, 0.25) is 0 Å². The molecule has 2 aromatic carbocycles. The molecule has 188 valence electrons. The van der Waals surface area contributed by atoms with Crippen LogP contribution in [0.1, 0.15) is 78.4 Å². The van der Waals surface area contributed by atoms with Gasteiger partial charge in [-0.25, -0.2) is 4.79 Å². The fraction of sp³-hybridized carbons (Fsp3) is 0.333. The molecule has 2 heterocycles. The summed E-state index contributed by atoms with van der Waals surface area (Å²) in [5.74, 6) is -0.224. The van der Waals surface area contributed by atoms with Crippen molar-refractivity contribution in [1.82, 2.24) is 4.57 Å². The van der Waals surface area contributed by atoms with E-state index in [9.17, 15) is 9.59 Å². The molecule has 0 fully saturated rings. The number of thiophene rings is 1. The van der Waals surface area contributed by atoms with Crippen molar-refractivity contribution in [3.05, 3.63) is 76.3 Å². The Morgan fingerprint density at radius 1 is 1.06 bits per heavy atom. The maximum absolute atomic E-state index is 13.7. The Kier molecular flexibility index (Phi) is 7.94. The predicted octanol–water partition coefficient (Wildman–Crippen LogP) is 8.03. The molecular formula is C30H34N2O3S. The van der Waals surface area contributed by atoms with E-state index in [1.54, 1.807) is 6.92 Å². The van der Waals surface area contributed by atoms with Crippen LogP contribution in [-0.2, 0) is 11.3 Å². The van der Waals surface area contributed by atoms with Crippen LogP contribution in [0.3, 0.4) is 0 Å². The van der Waals surface area contributed by atoms with Crippen LogP contribution in [0.5, 0.6) is 0 Å². The van der Waals surface area contributed by atoms with E-state index in [-0.39, 0.29) is 12.5 Å². The minimum Gasteiger partial charge on any atom is -0.462 e. The zero-order chi connectivity index (χ0) is 25.8. The van der Waals surface area contributed by atoms with E-state index in [2.05, 4.69) is 54.9 Å². The summed E-state index contributed by atoms with van der Waals surface area (Å²) in [4.78, 5) is 26.8. The number of hydrogen-bond acceptors (Lipinski definition) is 4. The van der Waals surface area contributed by atoms with E-state index >= 15 is 0 Å². The summed E-state index contributed by atoms with van der Waals surface area (Å²) in [6.07, 6.45) is 2.01. The normalized spacial score (nSPS) is 11.3. The molecule has 0 spiro atoms. The maximum Gasteiger partial charge on any atom is 0.341 e. The summed E-state index contributed by atoms with van der Waals surface area (Å²) in [6.45, 7) is 11.2. The quantitative estimate of drug-likeness (QED) is 0.236. The number of carbonyl (C=O) groups excluding carboxylic acids is 2. The first-order valence-electron chi connectivity index (χ1n) is 12.6. The van der Waals surface area contributed by atoms with Crippen molar-refractivity contribution in [2.75, 3.05) is 11.9 Å². The third kappa shape index (κ3) is 4.96. The average molecular weight is 503 g/mol. The molecule has 5 nitrogen and oxygen atoms in total. The zero-order valence-corrected chi connectivity index (χ0v) is 22.5. The number of rotatable bonds is 9. The van der Waals surface area contributed by atoms with Gasteiger partial charge in [-0.3, -0.25) is 4.79 Å². The minimum atomic E-state index is -0.430. The molecular weight excluding hydrogens is 468 g/mol. The van der Waals surface area contributed by atoms with Crippen LogP contribution >= 0.6 is 11.3 Å². The number of aromatic nitrogens is 1. The third-order valence-electron chi connectivity index (χ3n) is 6.56. The summed E-state index contributed by atoms with van der Waals surface area (Å²) in [6, 6.07) is 16.3. The molecule has 0 radical (unpaired) electrons. The second kappa shape index (κ2) is 11.1. The molecule has 0 bridgehead atoms. The van der Waals surface area contributed by atoms with Gasteiger partial charge in [-0.15, -0.1) is 11.3 Å². The summed E-state index contributed by atoms with van der Waals surface area (Å²) in [5.41, 5.74) is 5.96. The maximum atomic E-state index is 13.7. The third-order valence-corrected chi connectivity index (χ3v) is 7.46. The number of esters is 1. The minimum absolute atomic E-state index is 0.214. The molecule has 0 aliphatic carbocycles. The number of para-hydroxylation sites is 1. The Labute approximate surface area is 217 Å². The van der Waals surface area contributed by atoms with Gasteiger partial charge in [-0.05, 0) is 48.9 Å². The number of ether oxygens (including phenoxy) is 1. The van der Waals surface area contributed by atoms with E-state index in [4.69, 9.17) is 4.74 Å². The van der Waals surface area contributed by atoms with E-state index < -0.39 is 5.97 Å². The first-order valence-corrected chi connectivity index (χ1v) is 13.5. The molecule has 2 aromatic heterocycles. The molecule has 0 saturated carbocycles. The molecule has 4 aromatic rings. The lowest BCUT2D eigenvalue weighted by molar-refractivity contribution is 0.0529. The highest BCUT2D eigenvalue weighted by Gasteiger charge is 2.26. The lowest BCUT2D eigenvalue weighted by Crippen LogP contribution is -2.19. The number of fused-ring (bicyclic) bond motifs is 1. The van der Waals surface area contributed by atoms with Crippen molar-refractivity contribution in [3.8, 4) is 11.1 Å². The molecule has 0 aliphatic rings. The fourth-order valence-electron chi connectivity index (χ4n) is 4.60. The first kappa shape index (κ1) is 25.7. The summed E-state index contributed by atoms with van der Waals surface area (Å²) < 4.78 is 7.50. The van der Waals surface area contributed by atoms with Crippen molar-refractivity contribution < 1.29 is 14.3 Å². The van der Waals surface area contributed by atoms with E-state index in [0.29, 0.717) is 22.2 Å². The Balaban J connectivity index is 1.75. The number of benzene rings is 2. The van der Waals surface area contributed by atoms with Crippen molar-refractivity contribution in [2.24, 2.45) is 0 Å². The lowest BCUT2D eigenvalue weighted by Gasteiger charge is -2.13. The van der Waals surface area contributed by atoms with Gasteiger partial charge >= 0.3 is 5.97 Å². The standard InChI is InChI=1S/C30H34N2O3S/c1-6-8-17-32-25-12-10-9-11-23(25)20(5)27(32)28(33)31-29-26(30(34)35-7-2)24(18-36-29)22-15-13-21(14-16-22)19(3)4/h9-16,18-19H,6-8,17H2,1-5H3,(H,31,33). The van der Waals surface area contributed by atoms with Crippen LogP contribution in [0, 0.1) is 6.92 Å². The van der Waals surface area contributed by atoms with E-state index in [0.717, 1.165) is 47.0 Å². The number of unbranched alkanes of at least 4 members (excludes halogenated alkanes) is 1. The molecule has 1 amide bonds. The lowest BCUT2D eigenvalue weighted by atomic mass is 9.98. The Morgan fingerprint density at radius 3 is 2.44 bits per heavy atom. The van der Waals surface area contributed by atoms with Crippen LogP contribution in [0.25, 0.3) is 22.0 Å². The molecule has 0 saturated heterocycles. The van der Waals surface area contributed by atoms with Crippen molar-refractivity contribution >= 4 is 39.1 Å². The second-order valence-electron chi connectivity index (χ2n) is 9.30. The number of carbonyl (C=O) groups is 2. The fourth-order valence-corrected chi connectivity index (χ4v) is 5.55. The number of hydrogen-bond donors (Lipinski definition) is 1. The summed E-state index contributed by atoms with van der Waals surface area (Å²) in [5, 5.41) is 6.56. The number of amides is 1. The van der Waals surface area contributed by atoms with Gasteiger partial charge in [-0.2, -0.15) is 0 Å². The van der Waals surface area contributed by atoms with Crippen molar-refractivity contribution in [2.45, 2.75) is 59.9 Å². The van der Waals surface area contributed by atoms with Gasteiger partial charge in [0, 0.05) is 28.4 Å². The number of anilines is 1. The first-order chi connectivity index (χ1) is 17.4. The zero-order valence-electron chi connectivity index (χ0n) is 21.7. The number of nitrogens with zero attached hydrogens (tertiary/aromatic N) is 1. The van der Waals surface area contributed by atoms with Gasteiger partial charge in [0.15, 0.2) is 0 Å². The highest BCUT2D eigenvalue weighted by Crippen LogP contribution is 2.37. The van der Waals surface area contributed by atoms with Crippen LogP contribution in [0.4, 0.5) is 5.00 Å². The molecule has 0 aliphatic heterocycles. The van der Waals surface area contributed by atoms with E-state index in [1.807, 2.05) is 36.6 Å². The monoisotopic (exact) mass is 502 g/mol. The summed E-state index contributed by atoms with van der Waals surface area (Å²) >= 11 is 1.35. The van der Waals surface area contributed by atoms with Gasteiger partial charge in [-0.1, -0.05) is 69.7 Å².